The molecule has 0 amide bonds. The van der Waals surface area contributed by atoms with E-state index in [1.807, 2.05) is 0 Å². The molecular formula is C18H20F3N3. The summed E-state index contributed by atoms with van der Waals surface area (Å²) in [5.41, 5.74) is 0.713. The fourth-order valence-corrected chi connectivity index (χ4v) is 2.99. The quantitative estimate of drug-likeness (QED) is 0.842. The lowest BCUT2D eigenvalue weighted by atomic mass is 9.87. The minimum Gasteiger partial charge on any atom is -0.351 e. The van der Waals surface area contributed by atoms with Gasteiger partial charge in [-0.1, -0.05) is 19.1 Å². The van der Waals surface area contributed by atoms with Crippen LogP contribution in [0.25, 0.3) is 11.1 Å². The van der Waals surface area contributed by atoms with Crippen molar-refractivity contribution in [1.82, 2.24) is 9.97 Å². The maximum Gasteiger partial charge on any atom is 0.416 e. The Balaban J connectivity index is 1.66. The van der Waals surface area contributed by atoms with Gasteiger partial charge >= 0.3 is 6.18 Å². The molecule has 0 unspecified atom stereocenters. The third kappa shape index (κ3) is 4.04. The number of hydrogen-bond donors (Lipinski definition) is 1. The van der Waals surface area contributed by atoms with Gasteiger partial charge in [0.05, 0.1) is 5.56 Å². The van der Waals surface area contributed by atoms with Gasteiger partial charge in [0.15, 0.2) is 0 Å². The summed E-state index contributed by atoms with van der Waals surface area (Å²) < 4.78 is 37.8. The molecule has 2 aromatic rings. The molecule has 0 saturated heterocycles. The number of rotatable bonds is 3. The first-order chi connectivity index (χ1) is 11.4. The van der Waals surface area contributed by atoms with Crippen LogP contribution in [0.1, 0.15) is 38.2 Å². The van der Waals surface area contributed by atoms with Crippen molar-refractivity contribution in [2.24, 2.45) is 5.92 Å². The molecule has 0 atom stereocenters. The zero-order valence-electron chi connectivity index (χ0n) is 13.5. The number of anilines is 1. The minimum absolute atomic E-state index is 0.401. The van der Waals surface area contributed by atoms with E-state index in [2.05, 4.69) is 22.2 Å². The van der Waals surface area contributed by atoms with E-state index in [4.69, 9.17) is 0 Å². The van der Waals surface area contributed by atoms with E-state index < -0.39 is 11.7 Å². The zero-order chi connectivity index (χ0) is 17.2. The number of hydrogen-bond acceptors (Lipinski definition) is 3. The number of alkyl halides is 3. The van der Waals surface area contributed by atoms with Crippen molar-refractivity contribution in [3.05, 3.63) is 42.2 Å². The molecule has 0 aliphatic heterocycles. The lowest BCUT2D eigenvalue weighted by Gasteiger charge is -2.26. The van der Waals surface area contributed by atoms with Gasteiger partial charge in [0.2, 0.25) is 5.95 Å². The molecule has 1 aromatic carbocycles. The van der Waals surface area contributed by atoms with Crippen molar-refractivity contribution in [3.63, 3.8) is 0 Å². The molecule has 6 heteroatoms. The molecule has 1 saturated carbocycles. The maximum atomic E-state index is 12.6. The molecule has 1 fully saturated rings. The first-order valence-electron chi connectivity index (χ1n) is 8.18. The van der Waals surface area contributed by atoms with Crippen molar-refractivity contribution < 1.29 is 13.2 Å². The predicted molar refractivity (Wildman–Crippen MR) is 87.5 cm³/mol. The standard InChI is InChI=1S/C18H20F3N3/c1-12-2-8-16(9-3-12)24-17-22-10-14(11-23-17)13-4-6-15(7-5-13)18(19,20)21/h4-7,10-12,16H,2-3,8-9H2,1H3,(H,22,23,24). The summed E-state index contributed by atoms with van der Waals surface area (Å²) in [6, 6.07) is 5.43. The Hall–Kier alpha value is -2.11. The molecule has 1 heterocycles. The Morgan fingerprint density at radius 1 is 0.917 bits per heavy atom. The summed E-state index contributed by atoms with van der Waals surface area (Å²) in [7, 11) is 0. The topological polar surface area (TPSA) is 37.8 Å². The van der Waals surface area contributed by atoms with Crippen molar-refractivity contribution in [1.29, 1.82) is 0 Å². The van der Waals surface area contributed by atoms with Crippen LogP contribution in [0.15, 0.2) is 36.7 Å². The summed E-state index contributed by atoms with van der Waals surface area (Å²) in [5, 5.41) is 3.34. The van der Waals surface area contributed by atoms with Crippen LogP contribution in [-0.4, -0.2) is 16.0 Å². The molecule has 0 radical (unpaired) electrons. The number of nitrogens with zero attached hydrogens (tertiary/aromatic N) is 2. The summed E-state index contributed by atoms with van der Waals surface area (Å²) in [4.78, 5) is 8.59. The summed E-state index contributed by atoms with van der Waals surface area (Å²) >= 11 is 0. The van der Waals surface area contributed by atoms with E-state index in [0.717, 1.165) is 30.9 Å². The summed E-state index contributed by atoms with van der Waals surface area (Å²) in [6.45, 7) is 2.27. The average Bonchev–Trinajstić information content (AvgIpc) is 2.57. The van der Waals surface area contributed by atoms with Gasteiger partial charge < -0.3 is 5.32 Å². The Morgan fingerprint density at radius 2 is 1.50 bits per heavy atom. The normalized spacial score (nSPS) is 21.5. The zero-order valence-corrected chi connectivity index (χ0v) is 13.5. The van der Waals surface area contributed by atoms with Crippen molar-refractivity contribution in [3.8, 4) is 11.1 Å². The number of benzene rings is 1. The van der Waals surface area contributed by atoms with Gasteiger partial charge in [-0.15, -0.1) is 0 Å². The molecule has 3 nitrogen and oxygen atoms in total. The lowest BCUT2D eigenvalue weighted by molar-refractivity contribution is -0.137. The van der Waals surface area contributed by atoms with Gasteiger partial charge in [-0.3, -0.25) is 0 Å². The largest absolute Gasteiger partial charge is 0.416 e. The van der Waals surface area contributed by atoms with Crippen LogP contribution in [0.5, 0.6) is 0 Å². The van der Waals surface area contributed by atoms with Gasteiger partial charge in [0.25, 0.3) is 0 Å². The third-order valence-corrected chi connectivity index (χ3v) is 4.55. The highest BCUT2D eigenvalue weighted by atomic mass is 19.4. The van der Waals surface area contributed by atoms with E-state index in [-0.39, 0.29) is 0 Å². The fourth-order valence-electron chi connectivity index (χ4n) is 2.99. The number of aromatic nitrogens is 2. The minimum atomic E-state index is -4.32. The van der Waals surface area contributed by atoms with E-state index in [1.165, 1.54) is 25.0 Å². The van der Waals surface area contributed by atoms with Crippen LogP contribution < -0.4 is 5.32 Å². The molecule has 24 heavy (non-hydrogen) atoms. The van der Waals surface area contributed by atoms with Crippen molar-refractivity contribution >= 4 is 5.95 Å². The molecule has 0 spiro atoms. The highest BCUT2D eigenvalue weighted by Gasteiger charge is 2.30. The van der Waals surface area contributed by atoms with Crippen LogP contribution in [0.3, 0.4) is 0 Å². The van der Waals surface area contributed by atoms with Crippen LogP contribution in [0, 0.1) is 5.92 Å². The molecule has 0 bridgehead atoms. The van der Waals surface area contributed by atoms with Gasteiger partial charge in [0, 0.05) is 24.0 Å². The van der Waals surface area contributed by atoms with Crippen molar-refractivity contribution in [2.75, 3.05) is 5.32 Å². The second kappa shape index (κ2) is 6.79. The van der Waals surface area contributed by atoms with E-state index >= 15 is 0 Å². The Kier molecular flexibility index (Phi) is 4.73. The Bertz CT molecular complexity index is 657. The number of nitrogens with one attached hydrogen (secondary N) is 1. The molecule has 1 aliphatic carbocycles. The third-order valence-electron chi connectivity index (χ3n) is 4.55. The van der Waals surface area contributed by atoms with Crippen LogP contribution in [-0.2, 0) is 6.18 Å². The molecule has 1 aromatic heterocycles. The SMILES string of the molecule is CC1CCC(Nc2ncc(-c3ccc(C(F)(F)F)cc3)cn2)CC1. The van der Waals surface area contributed by atoms with Crippen LogP contribution in [0.4, 0.5) is 19.1 Å². The summed E-state index contributed by atoms with van der Waals surface area (Å²) in [5.74, 6) is 1.36. The monoisotopic (exact) mass is 335 g/mol. The lowest BCUT2D eigenvalue weighted by Crippen LogP contribution is -2.26. The van der Waals surface area contributed by atoms with Gasteiger partial charge in [-0.05, 0) is 49.3 Å². The highest BCUT2D eigenvalue weighted by molar-refractivity contribution is 5.62. The molecular weight excluding hydrogens is 315 g/mol. The van der Waals surface area contributed by atoms with Crippen molar-refractivity contribution in [2.45, 2.75) is 44.8 Å². The Labute approximate surface area is 139 Å². The Morgan fingerprint density at radius 3 is 2.04 bits per heavy atom. The number of halogens is 3. The van der Waals surface area contributed by atoms with E-state index in [1.54, 1.807) is 12.4 Å². The average molecular weight is 335 g/mol. The molecule has 128 valence electrons. The summed E-state index contributed by atoms with van der Waals surface area (Å²) in [6.07, 6.45) is 3.62. The van der Waals surface area contributed by atoms with Gasteiger partial charge in [-0.2, -0.15) is 13.2 Å². The molecule has 3 rings (SSSR count). The molecule has 1 N–H and O–H groups in total. The smallest absolute Gasteiger partial charge is 0.351 e. The second-order valence-electron chi connectivity index (χ2n) is 6.47. The highest BCUT2D eigenvalue weighted by Crippen LogP contribution is 2.31. The fraction of sp³-hybridized carbons (Fsp3) is 0.444. The van der Waals surface area contributed by atoms with Crippen LogP contribution >= 0.6 is 0 Å². The van der Waals surface area contributed by atoms with E-state index in [9.17, 15) is 13.2 Å². The molecule has 1 aliphatic rings. The second-order valence-corrected chi connectivity index (χ2v) is 6.47. The maximum absolute atomic E-state index is 12.6. The van der Waals surface area contributed by atoms with Gasteiger partial charge in [0.1, 0.15) is 0 Å². The van der Waals surface area contributed by atoms with Crippen LogP contribution in [0.2, 0.25) is 0 Å². The van der Waals surface area contributed by atoms with E-state index in [0.29, 0.717) is 23.1 Å². The predicted octanol–water partition coefficient (Wildman–Crippen LogP) is 5.15. The van der Waals surface area contributed by atoms with Gasteiger partial charge in [-0.25, -0.2) is 9.97 Å². The first kappa shape index (κ1) is 16.7. The first-order valence-corrected chi connectivity index (χ1v) is 8.18.